The van der Waals surface area contributed by atoms with Gasteiger partial charge in [-0.05, 0) is 98.4 Å². The number of aryl methyl sites for hydroxylation is 1. The number of halogens is 2. The molecular formula is C29H27F2N5OS. The second kappa shape index (κ2) is 10.7. The van der Waals surface area contributed by atoms with Gasteiger partial charge in [0.2, 0.25) is 5.91 Å². The first-order valence-corrected chi connectivity index (χ1v) is 12.7. The monoisotopic (exact) mass is 531 g/mol. The van der Waals surface area contributed by atoms with E-state index in [9.17, 15) is 13.6 Å². The highest BCUT2D eigenvalue weighted by Gasteiger charge is 2.41. The number of hydrogen-bond donors (Lipinski definition) is 2. The molecule has 6 nitrogen and oxygen atoms in total. The molecule has 1 saturated heterocycles. The molecule has 0 aliphatic carbocycles. The Balaban J connectivity index is 1.46. The highest BCUT2D eigenvalue weighted by Crippen LogP contribution is 2.41. The lowest BCUT2D eigenvalue weighted by molar-refractivity contribution is -0.116. The molecule has 4 aromatic rings. The van der Waals surface area contributed by atoms with Crippen molar-refractivity contribution in [2.75, 3.05) is 11.9 Å². The number of nitrogens with one attached hydrogen (secondary N) is 2. The quantitative estimate of drug-likeness (QED) is 0.297. The van der Waals surface area contributed by atoms with E-state index < -0.39 is 0 Å². The van der Waals surface area contributed by atoms with E-state index in [1.165, 1.54) is 36.4 Å². The van der Waals surface area contributed by atoms with Gasteiger partial charge in [0, 0.05) is 41.9 Å². The Bertz CT molecular complexity index is 1460. The molecule has 1 fully saturated rings. The Morgan fingerprint density at radius 3 is 2.37 bits per heavy atom. The predicted molar refractivity (Wildman–Crippen MR) is 147 cm³/mol. The highest BCUT2D eigenvalue weighted by molar-refractivity contribution is 7.80. The molecule has 0 radical (unpaired) electrons. The van der Waals surface area contributed by atoms with Gasteiger partial charge >= 0.3 is 0 Å². The van der Waals surface area contributed by atoms with E-state index >= 15 is 0 Å². The van der Waals surface area contributed by atoms with Crippen LogP contribution in [0.5, 0.6) is 0 Å². The van der Waals surface area contributed by atoms with Gasteiger partial charge < -0.3 is 20.1 Å². The van der Waals surface area contributed by atoms with Crippen molar-refractivity contribution in [3.8, 4) is 5.69 Å². The molecule has 2 atom stereocenters. The first-order chi connectivity index (χ1) is 18.3. The van der Waals surface area contributed by atoms with Crippen LogP contribution in [0.1, 0.15) is 41.1 Å². The summed E-state index contributed by atoms with van der Waals surface area (Å²) in [7, 11) is 0. The van der Waals surface area contributed by atoms with Gasteiger partial charge in [0.05, 0.1) is 17.8 Å². The number of amides is 1. The van der Waals surface area contributed by atoms with Crippen LogP contribution < -0.4 is 10.6 Å². The van der Waals surface area contributed by atoms with Crippen molar-refractivity contribution in [2.24, 2.45) is 0 Å². The summed E-state index contributed by atoms with van der Waals surface area (Å²) < 4.78 is 28.9. The fraction of sp³-hybridized carbons (Fsp3) is 0.207. The summed E-state index contributed by atoms with van der Waals surface area (Å²) in [4.78, 5) is 19.4. The number of carbonyl (C=O) groups excluding carboxylic acids is 1. The first-order valence-electron chi connectivity index (χ1n) is 12.3. The average Bonchev–Trinajstić information content (AvgIpc) is 3.39. The van der Waals surface area contributed by atoms with E-state index in [1.54, 1.807) is 18.3 Å². The Morgan fingerprint density at radius 2 is 1.71 bits per heavy atom. The molecule has 0 spiro atoms. The van der Waals surface area contributed by atoms with Crippen LogP contribution in [0.15, 0.2) is 79.0 Å². The fourth-order valence-electron chi connectivity index (χ4n) is 5.04. The van der Waals surface area contributed by atoms with Gasteiger partial charge in [-0.25, -0.2) is 8.78 Å². The summed E-state index contributed by atoms with van der Waals surface area (Å²) in [5.41, 5.74) is 5.26. The van der Waals surface area contributed by atoms with Crippen molar-refractivity contribution in [1.29, 1.82) is 0 Å². The van der Waals surface area contributed by atoms with Crippen LogP contribution in [-0.2, 0) is 4.79 Å². The van der Waals surface area contributed by atoms with Gasteiger partial charge in [-0.15, -0.1) is 0 Å². The molecule has 1 aliphatic rings. The predicted octanol–water partition coefficient (Wildman–Crippen LogP) is 5.77. The number of carbonyl (C=O) groups is 1. The Hall–Kier alpha value is -4.11. The van der Waals surface area contributed by atoms with E-state index in [1.807, 2.05) is 36.9 Å². The van der Waals surface area contributed by atoms with E-state index in [4.69, 9.17) is 12.2 Å². The lowest BCUT2D eigenvalue weighted by Gasteiger charge is -2.28. The minimum absolute atomic E-state index is 0.182. The third kappa shape index (κ3) is 5.15. The molecule has 2 aromatic heterocycles. The maximum absolute atomic E-state index is 13.6. The van der Waals surface area contributed by atoms with Crippen molar-refractivity contribution in [3.63, 3.8) is 0 Å². The van der Waals surface area contributed by atoms with Gasteiger partial charge in [0.25, 0.3) is 0 Å². The Labute approximate surface area is 225 Å². The maximum atomic E-state index is 13.6. The van der Waals surface area contributed by atoms with Crippen molar-refractivity contribution < 1.29 is 13.6 Å². The van der Waals surface area contributed by atoms with Crippen molar-refractivity contribution in [3.05, 3.63) is 113 Å². The number of pyridine rings is 1. The Morgan fingerprint density at radius 1 is 1.03 bits per heavy atom. The number of hydrogen-bond acceptors (Lipinski definition) is 3. The zero-order chi connectivity index (χ0) is 26.8. The maximum Gasteiger partial charge on any atom is 0.226 e. The molecular weight excluding hydrogens is 504 g/mol. The Kier molecular flexibility index (Phi) is 7.20. The molecule has 2 N–H and O–H groups in total. The third-order valence-electron chi connectivity index (χ3n) is 6.78. The van der Waals surface area contributed by atoms with Gasteiger partial charge in [-0.2, -0.15) is 0 Å². The highest BCUT2D eigenvalue weighted by atomic mass is 32.1. The summed E-state index contributed by atoms with van der Waals surface area (Å²) in [6, 6.07) is 19.5. The molecule has 194 valence electrons. The smallest absolute Gasteiger partial charge is 0.226 e. The van der Waals surface area contributed by atoms with E-state index in [2.05, 4.69) is 26.3 Å². The molecule has 0 bridgehead atoms. The molecule has 2 aromatic carbocycles. The second-order valence-electron chi connectivity index (χ2n) is 9.26. The summed E-state index contributed by atoms with van der Waals surface area (Å²) in [6.45, 7) is 4.41. The summed E-state index contributed by atoms with van der Waals surface area (Å²) in [6.07, 6.45) is 1.93. The largest absolute Gasteiger partial charge is 0.352 e. The lowest BCUT2D eigenvalue weighted by Crippen LogP contribution is -2.32. The topological polar surface area (TPSA) is 62.2 Å². The molecule has 38 heavy (non-hydrogen) atoms. The number of rotatable bonds is 7. The van der Waals surface area contributed by atoms with Crippen molar-refractivity contribution in [1.82, 2.24) is 19.8 Å². The van der Waals surface area contributed by atoms with Crippen molar-refractivity contribution in [2.45, 2.75) is 32.4 Å². The summed E-state index contributed by atoms with van der Waals surface area (Å²) >= 11 is 5.75. The number of nitrogens with zero attached hydrogens (tertiary/aromatic N) is 3. The van der Waals surface area contributed by atoms with Crippen LogP contribution in [-0.4, -0.2) is 32.0 Å². The van der Waals surface area contributed by atoms with E-state index in [0.29, 0.717) is 17.3 Å². The van der Waals surface area contributed by atoms with Crippen LogP contribution in [0.3, 0.4) is 0 Å². The number of aromatic nitrogens is 2. The standard InChI is InChI=1S/C29H27F2N5OS/c1-18-17-24(19(2)36(18)23-12-8-21(31)9-13-23)28-27(25-5-3-4-15-32-25)34-29(38)35(28)16-14-26(37)33-22-10-6-20(30)7-11-22/h3-13,15,17,27-28H,14,16H2,1-2H3,(H,33,37)(H,34,38)/t27-,28-/m0/s1. The minimum atomic E-state index is -0.363. The molecule has 1 amide bonds. The number of anilines is 1. The lowest BCUT2D eigenvalue weighted by atomic mass is 9.96. The molecule has 0 saturated carbocycles. The van der Waals surface area contributed by atoms with Crippen LogP contribution in [0.2, 0.25) is 0 Å². The summed E-state index contributed by atoms with van der Waals surface area (Å²) in [5.74, 6) is -0.851. The minimum Gasteiger partial charge on any atom is -0.352 e. The number of benzene rings is 2. The number of thiocarbonyl (C=S) groups is 1. The van der Waals surface area contributed by atoms with Crippen LogP contribution in [0.4, 0.5) is 14.5 Å². The van der Waals surface area contributed by atoms with Gasteiger partial charge in [-0.1, -0.05) is 6.07 Å². The zero-order valence-electron chi connectivity index (χ0n) is 21.0. The molecule has 5 rings (SSSR count). The van der Waals surface area contributed by atoms with E-state index in [0.717, 1.165) is 28.3 Å². The summed E-state index contributed by atoms with van der Waals surface area (Å²) in [5, 5.41) is 6.76. The van der Waals surface area contributed by atoms with Crippen molar-refractivity contribution >= 4 is 28.9 Å². The molecule has 0 unspecified atom stereocenters. The second-order valence-corrected chi connectivity index (χ2v) is 9.65. The third-order valence-corrected chi connectivity index (χ3v) is 7.13. The van der Waals surface area contributed by atoms with Crippen LogP contribution in [0, 0.1) is 25.5 Å². The first kappa shape index (κ1) is 25.5. The molecule has 3 heterocycles. The van der Waals surface area contributed by atoms with E-state index in [-0.39, 0.29) is 36.0 Å². The zero-order valence-corrected chi connectivity index (χ0v) is 21.8. The van der Waals surface area contributed by atoms with Gasteiger partial charge in [0.15, 0.2) is 5.11 Å². The van der Waals surface area contributed by atoms with Crippen LogP contribution in [0.25, 0.3) is 5.69 Å². The normalized spacial score (nSPS) is 16.9. The molecule has 9 heteroatoms. The van der Waals surface area contributed by atoms with Crippen LogP contribution >= 0.6 is 12.2 Å². The fourth-order valence-corrected chi connectivity index (χ4v) is 5.37. The molecule has 1 aliphatic heterocycles. The average molecular weight is 532 g/mol. The SMILES string of the molecule is Cc1cc([C@H]2[C@H](c3ccccn3)NC(=S)N2CCC(=O)Nc2ccc(F)cc2)c(C)n1-c1ccc(F)cc1. The van der Waals surface area contributed by atoms with Gasteiger partial charge in [0.1, 0.15) is 11.6 Å². The van der Waals surface area contributed by atoms with Gasteiger partial charge in [-0.3, -0.25) is 9.78 Å².